The number of rotatable bonds is 30. The van der Waals surface area contributed by atoms with Gasteiger partial charge in [0.05, 0.1) is 32.3 Å². The third-order valence-corrected chi connectivity index (χ3v) is 13.6. The molecule has 4 heterocycles. The number of carbonyl (C=O) groups excluding carboxylic acids is 2. The monoisotopic (exact) mass is 820 g/mol. The second kappa shape index (κ2) is 24.5. The summed E-state index contributed by atoms with van der Waals surface area (Å²) in [5.74, 6) is -5.12. The Morgan fingerprint density at radius 2 is 0.750 bits per heavy atom. The van der Waals surface area contributed by atoms with Crippen LogP contribution in [0.15, 0.2) is 21.9 Å². The van der Waals surface area contributed by atoms with Crippen LogP contribution in [0.2, 0.25) is 0 Å². The first-order valence-electron chi connectivity index (χ1n) is 22.2. The first-order chi connectivity index (χ1) is 27.2. The minimum Gasteiger partial charge on any atom is -0.306 e. The molecule has 2 amide bonds. The smallest absolute Gasteiger partial charge is 0.261 e. The molecule has 0 aliphatic carbocycles. The second-order valence-electron chi connectivity index (χ2n) is 16.3. The SMILES string of the molecule is CCCCCCCCC(CCCCCC)CN1C(=O)C2=C(c3scc(F)c3F)N(CC(CCCCCC)CCCCCCCC)C(=O)C2=C1c1scc(F)c1F. The van der Waals surface area contributed by atoms with E-state index in [4.69, 9.17) is 0 Å². The van der Waals surface area contributed by atoms with Crippen molar-refractivity contribution in [2.45, 2.75) is 182 Å². The van der Waals surface area contributed by atoms with Gasteiger partial charge in [-0.25, -0.2) is 17.6 Å². The second-order valence-corrected chi connectivity index (χ2v) is 18.0. The third-order valence-electron chi connectivity index (χ3n) is 11.7. The van der Waals surface area contributed by atoms with E-state index < -0.39 is 35.1 Å². The summed E-state index contributed by atoms with van der Waals surface area (Å²) < 4.78 is 61.1. The van der Waals surface area contributed by atoms with E-state index >= 15 is 8.78 Å². The maximum Gasteiger partial charge on any atom is 0.261 e. The van der Waals surface area contributed by atoms with E-state index in [2.05, 4.69) is 27.7 Å². The summed E-state index contributed by atoms with van der Waals surface area (Å²) in [6.45, 7) is 9.23. The van der Waals surface area contributed by atoms with Gasteiger partial charge in [-0.15, -0.1) is 22.7 Å². The van der Waals surface area contributed by atoms with Gasteiger partial charge in [-0.2, -0.15) is 0 Å². The molecule has 0 spiro atoms. The van der Waals surface area contributed by atoms with Gasteiger partial charge >= 0.3 is 0 Å². The van der Waals surface area contributed by atoms with Crippen molar-refractivity contribution in [2.75, 3.05) is 13.1 Å². The molecule has 4 nitrogen and oxygen atoms in total. The maximum atomic E-state index is 15.7. The van der Waals surface area contributed by atoms with E-state index in [1.54, 1.807) is 0 Å². The third kappa shape index (κ3) is 12.3. The van der Waals surface area contributed by atoms with E-state index in [9.17, 15) is 18.4 Å². The fourth-order valence-electron chi connectivity index (χ4n) is 8.50. The molecule has 2 aromatic rings. The summed E-state index contributed by atoms with van der Waals surface area (Å²) in [5.41, 5.74) is 0.145. The van der Waals surface area contributed by atoms with Crippen LogP contribution in [-0.2, 0) is 9.59 Å². The Kier molecular flexibility index (Phi) is 20.2. The summed E-state index contributed by atoms with van der Waals surface area (Å²) in [6, 6.07) is 0. The van der Waals surface area contributed by atoms with Crippen LogP contribution in [-0.4, -0.2) is 34.7 Å². The van der Waals surface area contributed by atoms with Crippen molar-refractivity contribution < 1.29 is 27.2 Å². The lowest BCUT2D eigenvalue weighted by Gasteiger charge is -2.29. The molecule has 2 aliphatic rings. The van der Waals surface area contributed by atoms with Gasteiger partial charge in [-0.3, -0.25) is 9.59 Å². The molecular weight excluding hydrogens is 753 g/mol. The Labute approximate surface area is 343 Å². The van der Waals surface area contributed by atoms with Gasteiger partial charge in [0.1, 0.15) is 0 Å². The van der Waals surface area contributed by atoms with Crippen LogP contribution in [0.1, 0.15) is 192 Å². The van der Waals surface area contributed by atoms with E-state index in [1.165, 1.54) is 48.3 Å². The number of amides is 2. The van der Waals surface area contributed by atoms with Crippen LogP contribution in [0.4, 0.5) is 17.6 Å². The lowest BCUT2D eigenvalue weighted by Crippen LogP contribution is -2.35. The molecule has 2 aromatic heterocycles. The Morgan fingerprint density at radius 1 is 0.464 bits per heavy atom. The number of nitrogens with zero attached hydrogens (tertiary/aromatic N) is 2. The van der Waals surface area contributed by atoms with Crippen LogP contribution in [0.3, 0.4) is 0 Å². The average molecular weight is 821 g/mol. The molecule has 2 atom stereocenters. The predicted molar refractivity (Wildman–Crippen MR) is 226 cm³/mol. The van der Waals surface area contributed by atoms with Crippen LogP contribution >= 0.6 is 22.7 Å². The standard InChI is InChI=1S/C46H68F4N2O2S2/c1-5-9-13-17-19-23-27-33(25-21-15-11-7-3)29-51-41(43-39(49)35(47)31-55-43)37-38(45(51)53)42(44-40(50)36(48)32-56-44)52(46(37)54)30-34(26-22-16-12-8-4)28-24-20-18-14-10-6-2/h31-34H,5-30H2,1-4H3. The Balaban J connectivity index is 1.75. The van der Waals surface area contributed by atoms with Crippen LogP contribution < -0.4 is 0 Å². The van der Waals surface area contributed by atoms with E-state index in [0.717, 1.165) is 149 Å². The molecule has 2 unspecified atom stereocenters. The number of carbonyl (C=O) groups is 2. The zero-order chi connectivity index (χ0) is 40.5. The van der Waals surface area contributed by atoms with Crippen molar-refractivity contribution in [3.8, 4) is 0 Å². The van der Waals surface area contributed by atoms with E-state index in [1.807, 2.05) is 0 Å². The predicted octanol–water partition coefficient (Wildman–Crippen LogP) is 14.8. The topological polar surface area (TPSA) is 40.6 Å². The van der Waals surface area contributed by atoms with Crippen LogP contribution in [0.25, 0.3) is 11.4 Å². The minimum absolute atomic E-state index is 0.00689. The molecule has 0 saturated carbocycles. The van der Waals surface area contributed by atoms with Gasteiger partial charge in [0.25, 0.3) is 11.8 Å². The van der Waals surface area contributed by atoms with Crippen molar-refractivity contribution in [3.63, 3.8) is 0 Å². The Bertz CT molecular complexity index is 1480. The number of hydrogen-bond donors (Lipinski definition) is 0. The fourth-order valence-corrected chi connectivity index (χ4v) is 10.2. The van der Waals surface area contributed by atoms with Crippen LogP contribution in [0.5, 0.6) is 0 Å². The van der Waals surface area contributed by atoms with Gasteiger partial charge in [0, 0.05) is 23.8 Å². The molecule has 4 rings (SSSR count). The first kappa shape index (κ1) is 46.2. The molecule has 0 fully saturated rings. The van der Waals surface area contributed by atoms with Crippen LogP contribution in [0, 0.1) is 35.1 Å². The first-order valence-corrected chi connectivity index (χ1v) is 23.9. The summed E-state index contributed by atoms with van der Waals surface area (Å²) in [4.78, 5) is 32.6. The van der Waals surface area contributed by atoms with Crippen molar-refractivity contribution >= 4 is 45.9 Å². The molecule has 0 radical (unpaired) electrons. The number of fused-ring (bicyclic) bond motifs is 1. The lowest BCUT2D eigenvalue weighted by atomic mass is 9.93. The Hall–Kier alpha value is -2.46. The number of halogens is 4. The highest BCUT2D eigenvalue weighted by Gasteiger charge is 2.51. The summed E-state index contributed by atoms with van der Waals surface area (Å²) >= 11 is 1.68. The molecule has 56 heavy (non-hydrogen) atoms. The van der Waals surface area contributed by atoms with Gasteiger partial charge in [0.2, 0.25) is 0 Å². The molecule has 2 aliphatic heterocycles. The summed E-state index contributed by atoms with van der Waals surface area (Å²) in [6.07, 6.45) is 25.6. The molecule has 0 saturated heterocycles. The highest BCUT2D eigenvalue weighted by atomic mass is 32.1. The highest BCUT2D eigenvalue weighted by molar-refractivity contribution is 7.11. The Morgan fingerprint density at radius 3 is 1.04 bits per heavy atom. The molecule has 10 heteroatoms. The van der Waals surface area contributed by atoms with Gasteiger partial charge in [-0.05, 0) is 37.5 Å². The zero-order valence-electron chi connectivity index (χ0n) is 34.7. The van der Waals surface area contributed by atoms with Crippen molar-refractivity contribution in [1.29, 1.82) is 0 Å². The maximum absolute atomic E-state index is 15.7. The van der Waals surface area contributed by atoms with E-state index in [0.29, 0.717) is 0 Å². The molecule has 314 valence electrons. The van der Waals surface area contributed by atoms with Crippen molar-refractivity contribution in [2.24, 2.45) is 11.8 Å². The van der Waals surface area contributed by atoms with E-state index in [-0.39, 0.29) is 57.2 Å². The van der Waals surface area contributed by atoms with Crippen molar-refractivity contribution in [3.05, 3.63) is 54.9 Å². The number of thiophene rings is 2. The molecular formula is C46H68F4N2O2S2. The average Bonchev–Trinajstić information content (AvgIpc) is 3.87. The van der Waals surface area contributed by atoms with Gasteiger partial charge in [0.15, 0.2) is 23.3 Å². The lowest BCUT2D eigenvalue weighted by molar-refractivity contribution is -0.124. The highest BCUT2D eigenvalue weighted by Crippen LogP contribution is 2.50. The summed E-state index contributed by atoms with van der Waals surface area (Å²) in [5, 5.41) is 2.14. The van der Waals surface area contributed by atoms with Gasteiger partial charge < -0.3 is 9.80 Å². The summed E-state index contributed by atoms with van der Waals surface area (Å²) in [7, 11) is 0. The molecule has 0 bridgehead atoms. The fraction of sp³-hybridized carbons (Fsp3) is 0.696. The normalized spacial score (nSPS) is 15.6. The number of unbranched alkanes of at least 4 members (excludes halogenated alkanes) is 16. The zero-order valence-corrected chi connectivity index (χ0v) is 36.4. The largest absolute Gasteiger partial charge is 0.306 e. The molecule has 0 N–H and O–H groups in total. The van der Waals surface area contributed by atoms with Gasteiger partial charge in [-0.1, -0.05) is 156 Å². The quantitative estimate of drug-likeness (QED) is 0.0582. The van der Waals surface area contributed by atoms with Crippen molar-refractivity contribution in [1.82, 2.24) is 9.80 Å². The number of hydrogen-bond acceptors (Lipinski definition) is 4. The molecule has 0 aromatic carbocycles. The minimum atomic E-state index is -1.09.